The van der Waals surface area contributed by atoms with Gasteiger partial charge in [-0.2, -0.15) is 0 Å². The molecular formula is C32H50N2. The van der Waals surface area contributed by atoms with E-state index in [-0.39, 0.29) is 0 Å². The van der Waals surface area contributed by atoms with E-state index < -0.39 is 0 Å². The summed E-state index contributed by atoms with van der Waals surface area (Å²) >= 11 is 0. The molecule has 2 heterocycles. The molecule has 0 aliphatic carbocycles. The maximum absolute atomic E-state index is 2.69. The van der Waals surface area contributed by atoms with Crippen molar-refractivity contribution in [3.8, 4) is 0 Å². The molecule has 0 aromatic heterocycles. The molecule has 0 spiro atoms. The maximum atomic E-state index is 2.69. The predicted molar refractivity (Wildman–Crippen MR) is 148 cm³/mol. The van der Waals surface area contributed by atoms with Crippen molar-refractivity contribution in [2.75, 3.05) is 19.6 Å². The molecule has 2 aliphatic rings. The lowest BCUT2D eigenvalue weighted by molar-refractivity contribution is 0.122. The minimum atomic E-state index is 0.809. The molecule has 2 unspecified atom stereocenters. The van der Waals surface area contributed by atoms with Gasteiger partial charge >= 0.3 is 0 Å². The molecule has 4 rings (SSSR count). The molecule has 2 aliphatic heterocycles. The monoisotopic (exact) mass is 462 g/mol. The third-order valence-electron chi connectivity index (χ3n) is 7.38. The summed E-state index contributed by atoms with van der Waals surface area (Å²) in [4.78, 5) is 5.32. The molecule has 0 amide bonds. The highest BCUT2D eigenvalue weighted by atomic mass is 15.2. The van der Waals surface area contributed by atoms with E-state index in [9.17, 15) is 0 Å². The second kappa shape index (κ2) is 14.7. The van der Waals surface area contributed by atoms with Gasteiger partial charge < -0.3 is 0 Å². The Morgan fingerprint density at radius 1 is 0.676 bits per heavy atom. The first-order chi connectivity index (χ1) is 16.5. The van der Waals surface area contributed by atoms with Crippen molar-refractivity contribution >= 4 is 0 Å². The molecule has 34 heavy (non-hydrogen) atoms. The van der Waals surface area contributed by atoms with E-state index in [0.717, 1.165) is 36.9 Å². The zero-order valence-corrected chi connectivity index (χ0v) is 22.5. The Bertz CT molecular complexity index is 770. The van der Waals surface area contributed by atoms with Crippen LogP contribution in [-0.2, 0) is 13.1 Å². The van der Waals surface area contributed by atoms with Crippen LogP contribution in [-0.4, -0.2) is 35.5 Å². The summed E-state index contributed by atoms with van der Waals surface area (Å²) in [5, 5.41) is 0. The summed E-state index contributed by atoms with van der Waals surface area (Å²) in [5.74, 6) is 2.58. The van der Waals surface area contributed by atoms with Gasteiger partial charge in [-0.1, -0.05) is 94.8 Å². The summed E-state index contributed by atoms with van der Waals surface area (Å²) in [7, 11) is 0. The number of nitrogens with zero attached hydrogens (tertiary/aromatic N) is 2. The molecule has 2 heteroatoms. The third kappa shape index (κ3) is 9.92. The minimum absolute atomic E-state index is 0.809. The lowest BCUT2D eigenvalue weighted by atomic mass is 9.89. The number of hydrogen-bond donors (Lipinski definition) is 0. The smallest absolute Gasteiger partial charge is 0.0236 e. The van der Waals surface area contributed by atoms with E-state index in [1.54, 1.807) is 0 Å². The molecule has 0 bridgehead atoms. The Morgan fingerprint density at radius 2 is 1.29 bits per heavy atom. The molecule has 2 aromatic rings. The molecule has 2 nitrogen and oxygen atoms in total. The maximum Gasteiger partial charge on any atom is 0.0236 e. The minimum Gasteiger partial charge on any atom is -0.299 e. The number of hydrogen-bond acceptors (Lipinski definition) is 2. The van der Waals surface area contributed by atoms with E-state index in [1.807, 2.05) is 0 Å². The van der Waals surface area contributed by atoms with Crippen LogP contribution >= 0.6 is 0 Å². The van der Waals surface area contributed by atoms with Crippen LogP contribution in [0.1, 0.15) is 83.8 Å². The fourth-order valence-corrected chi connectivity index (χ4v) is 5.89. The summed E-state index contributed by atoms with van der Waals surface area (Å²) in [6, 6.07) is 22.6. The molecule has 2 atom stereocenters. The first-order valence-electron chi connectivity index (χ1n) is 14.0. The standard InChI is InChI=1S/2C16H25N/c1-14(2)12-16-10-6-7-11-17(16)13-15-8-4-3-5-9-15;1-14(2)11-16-9-6-10-17(13-16)12-15-7-4-3-5-8-15/h3-5,8-9,14,16H,6-7,10-13H2,1-2H3;3-5,7-8,14,16H,6,9-13H2,1-2H3. The number of piperidine rings is 2. The number of benzene rings is 2. The average molecular weight is 463 g/mol. The Morgan fingerprint density at radius 3 is 1.91 bits per heavy atom. The first kappa shape index (κ1) is 27.0. The topological polar surface area (TPSA) is 6.48 Å². The number of likely N-dealkylation sites (tertiary alicyclic amines) is 2. The van der Waals surface area contributed by atoms with Crippen molar-refractivity contribution in [2.45, 2.75) is 91.8 Å². The van der Waals surface area contributed by atoms with E-state index in [4.69, 9.17) is 0 Å². The fourth-order valence-electron chi connectivity index (χ4n) is 5.89. The summed E-state index contributed by atoms with van der Waals surface area (Å²) in [5.41, 5.74) is 2.92. The van der Waals surface area contributed by atoms with Gasteiger partial charge in [0.1, 0.15) is 0 Å². The normalized spacial score (nSPS) is 21.9. The van der Waals surface area contributed by atoms with Crippen molar-refractivity contribution in [2.24, 2.45) is 17.8 Å². The summed E-state index contributed by atoms with van der Waals surface area (Å²) in [6.45, 7) is 15.5. The van der Waals surface area contributed by atoms with Crippen molar-refractivity contribution in [1.29, 1.82) is 0 Å². The van der Waals surface area contributed by atoms with Crippen LogP contribution in [0, 0.1) is 17.8 Å². The third-order valence-corrected chi connectivity index (χ3v) is 7.38. The highest BCUT2D eigenvalue weighted by molar-refractivity contribution is 5.15. The molecule has 2 saturated heterocycles. The van der Waals surface area contributed by atoms with Crippen molar-refractivity contribution < 1.29 is 0 Å². The summed E-state index contributed by atoms with van der Waals surface area (Å²) in [6.07, 6.45) is 9.75. The predicted octanol–water partition coefficient (Wildman–Crippen LogP) is 8.03. The van der Waals surface area contributed by atoms with E-state index >= 15 is 0 Å². The first-order valence-corrected chi connectivity index (χ1v) is 14.0. The fraction of sp³-hybridized carbons (Fsp3) is 0.625. The quantitative estimate of drug-likeness (QED) is 0.392. The van der Waals surface area contributed by atoms with Gasteiger partial charge in [-0.3, -0.25) is 9.80 Å². The van der Waals surface area contributed by atoms with Crippen molar-refractivity contribution in [3.63, 3.8) is 0 Å². The number of rotatable bonds is 8. The van der Waals surface area contributed by atoms with Gasteiger partial charge in [0.2, 0.25) is 0 Å². The van der Waals surface area contributed by atoms with E-state index in [2.05, 4.69) is 98.2 Å². The molecule has 0 saturated carbocycles. The second-order valence-corrected chi connectivity index (χ2v) is 11.6. The molecule has 188 valence electrons. The molecule has 0 N–H and O–H groups in total. The zero-order chi connectivity index (χ0) is 24.2. The Kier molecular flexibility index (Phi) is 11.6. The van der Waals surface area contributed by atoms with Crippen LogP contribution < -0.4 is 0 Å². The zero-order valence-electron chi connectivity index (χ0n) is 22.5. The molecule has 0 radical (unpaired) electrons. The lowest BCUT2D eigenvalue weighted by Gasteiger charge is -2.36. The Balaban J connectivity index is 0.000000191. The van der Waals surface area contributed by atoms with Gasteiger partial charge in [0.25, 0.3) is 0 Å². The van der Waals surface area contributed by atoms with Gasteiger partial charge in [-0.15, -0.1) is 0 Å². The van der Waals surface area contributed by atoms with Crippen LogP contribution in [0.25, 0.3) is 0 Å². The van der Waals surface area contributed by atoms with Crippen molar-refractivity contribution in [3.05, 3.63) is 71.8 Å². The van der Waals surface area contributed by atoms with Gasteiger partial charge in [0.05, 0.1) is 0 Å². The lowest BCUT2D eigenvalue weighted by Crippen LogP contribution is -2.39. The van der Waals surface area contributed by atoms with E-state index in [1.165, 1.54) is 75.7 Å². The van der Waals surface area contributed by atoms with Gasteiger partial charge in [0, 0.05) is 25.7 Å². The second-order valence-electron chi connectivity index (χ2n) is 11.6. The summed E-state index contributed by atoms with van der Waals surface area (Å²) < 4.78 is 0. The Labute approximate surface area is 210 Å². The van der Waals surface area contributed by atoms with Gasteiger partial charge in [0.15, 0.2) is 0 Å². The largest absolute Gasteiger partial charge is 0.299 e. The van der Waals surface area contributed by atoms with Crippen molar-refractivity contribution in [1.82, 2.24) is 9.80 Å². The van der Waals surface area contributed by atoms with Crippen LogP contribution in [0.2, 0.25) is 0 Å². The van der Waals surface area contributed by atoms with Crippen LogP contribution in [0.4, 0.5) is 0 Å². The molecule has 2 fully saturated rings. The van der Waals surface area contributed by atoms with Gasteiger partial charge in [-0.25, -0.2) is 0 Å². The highest BCUT2D eigenvalue weighted by Gasteiger charge is 2.23. The van der Waals surface area contributed by atoms with E-state index in [0.29, 0.717) is 0 Å². The molecule has 2 aromatic carbocycles. The van der Waals surface area contributed by atoms with Crippen LogP contribution in [0.3, 0.4) is 0 Å². The Hall–Kier alpha value is -1.64. The highest BCUT2D eigenvalue weighted by Crippen LogP contribution is 2.25. The molecular weight excluding hydrogens is 412 g/mol. The SMILES string of the molecule is CC(C)CC1CCCCN1Cc1ccccc1.CC(C)CC1CCCN(Cc2ccccc2)C1. The van der Waals surface area contributed by atoms with Gasteiger partial charge in [-0.05, 0) is 80.5 Å². The average Bonchev–Trinajstić information content (AvgIpc) is 2.82. The van der Waals surface area contributed by atoms with Crippen LogP contribution in [0.15, 0.2) is 60.7 Å². The van der Waals surface area contributed by atoms with Crippen LogP contribution in [0.5, 0.6) is 0 Å².